The lowest BCUT2D eigenvalue weighted by molar-refractivity contribution is -0.144. The molecule has 1 aliphatic rings. The first-order valence-corrected chi connectivity index (χ1v) is 5.08. The van der Waals surface area contributed by atoms with Gasteiger partial charge in [-0.1, -0.05) is 0 Å². The molecule has 0 aliphatic heterocycles. The van der Waals surface area contributed by atoms with E-state index in [0.29, 0.717) is 24.4 Å². The molecular formula is C7H8F3N3OS. The predicted octanol–water partition coefficient (Wildman–Crippen LogP) is 1.49. The van der Waals surface area contributed by atoms with Crippen molar-refractivity contribution >= 4 is 16.7 Å². The van der Waals surface area contributed by atoms with E-state index in [1.54, 1.807) is 0 Å². The third-order valence-electron chi connectivity index (χ3n) is 2.12. The zero-order valence-corrected chi connectivity index (χ0v) is 8.27. The highest BCUT2D eigenvalue weighted by atomic mass is 32.1. The molecule has 4 nitrogen and oxygen atoms in total. The van der Waals surface area contributed by atoms with Crippen LogP contribution in [0.1, 0.15) is 18.7 Å². The van der Waals surface area contributed by atoms with Gasteiger partial charge >= 0.3 is 6.18 Å². The summed E-state index contributed by atoms with van der Waals surface area (Å²) in [6.07, 6.45) is -3.75. The lowest BCUT2D eigenvalue weighted by Crippen LogP contribution is -2.38. The Morgan fingerprint density at radius 3 is 2.53 bits per heavy atom. The van der Waals surface area contributed by atoms with Gasteiger partial charge in [0.1, 0.15) is 0 Å². The first-order chi connectivity index (χ1) is 6.95. The van der Waals surface area contributed by atoms with Gasteiger partial charge in [0.15, 0.2) is 0 Å². The zero-order chi connectivity index (χ0) is 11.1. The Hall–Kier alpha value is -0.890. The minimum absolute atomic E-state index is 0.00836. The Balaban J connectivity index is 1.96. The number of nitrogens with one attached hydrogen (secondary N) is 1. The van der Waals surface area contributed by atoms with Crippen LogP contribution in [0.5, 0.6) is 0 Å². The number of alkyl halides is 3. The standard InChI is InChI=1S/C7H8F3N3OS/c8-7(9,10)5-12-6(15-13-5)11-3-1-4(14)2-3/h3-4,14H,1-2H2,(H,11,12,13). The molecule has 0 spiro atoms. The summed E-state index contributed by atoms with van der Waals surface area (Å²) in [5.41, 5.74) is 0. The van der Waals surface area contributed by atoms with Crippen LogP contribution < -0.4 is 5.32 Å². The van der Waals surface area contributed by atoms with Crippen LogP contribution in [0.3, 0.4) is 0 Å². The summed E-state index contributed by atoms with van der Waals surface area (Å²) in [6.45, 7) is 0. The van der Waals surface area contributed by atoms with Gasteiger partial charge in [0.05, 0.1) is 6.10 Å². The van der Waals surface area contributed by atoms with E-state index in [-0.39, 0.29) is 17.3 Å². The lowest BCUT2D eigenvalue weighted by Gasteiger charge is -2.31. The van der Waals surface area contributed by atoms with Crippen LogP contribution in [0.15, 0.2) is 0 Å². The molecule has 84 valence electrons. The maximum Gasteiger partial charge on any atom is 0.452 e. The molecule has 0 amide bonds. The molecule has 15 heavy (non-hydrogen) atoms. The number of aromatic nitrogens is 2. The van der Waals surface area contributed by atoms with E-state index in [0.717, 1.165) is 0 Å². The lowest BCUT2D eigenvalue weighted by atomic mass is 9.90. The Bertz CT molecular complexity index is 347. The smallest absolute Gasteiger partial charge is 0.393 e. The van der Waals surface area contributed by atoms with Crippen molar-refractivity contribution in [2.45, 2.75) is 31.2 Å². The van der Waals surface area contributed by atoms with Gasteiger partial charge in [-0.25, -0.2) is 0 Å². The van der Waals surface area contributed by atoms with Crippen molar-refractivity contribution < 1.29 is 18.3 Å². The van der Waals surface area contributed by atoms with Crippen LogP contribution >= 0.6 is 11.5 Å². The molecule has 0 radical (unpaired) electrons. The van der Waals surface area contributed by atoms with Gasteiger partial charge in [0.2, 0.25) is 11.0 Å². The molecule has 0 atom stereocenters. The normalized spacial score (nSPS) is 26.1. The summed E-state index contributed by atoms with van der Waals surface area (Å²) in [4.78, 5) is 3.32. The van der Waals surface area contributed by atoms with Crippen molar-refractivity contribution in [2.75, 3.05) is 5.32 Å². The minimum Gasteiger partial charge on any atom is -0.393 e. The second kappa shape index (κ2) is 3.60. The second-order valence-corrected chi connectivity index (χ2v) is 4.14. The first-order valence-electron chi connectivity index (χ1n) is 4.30. The highest BCUT2D eigenvalue weighted by molar-refractivity contribution is 7.09. The average molecular weight is 239 g/mol. The van der Waals surface area contributed by atoms with Crippen LogP contribution in [0.25, 0.3) is 0 Å². The summed E-state index contributed by atoms with van der Waals surface area (Å²) in [5, 5.41) is 11.9. The van der Waals surface area contributed by atoms with Crippen LogP contribution in [-0.4, -0.2) is 26.6 Å². The van der Waals surface area contributed by atoms with Crippen molar-refractivity contribution in [1.82, 2.24) is 9.36 Å². The molecule has 1 aliphatic carbocycles. The summed E-state index contributed by atoms with van der Waals surface area (Å²) in [7, 11) is 0. The molecule has 8 heteroatoms. The molecule has 2 rings (SSSR count). The van der Waals surface area contributed by atoms with E-state index in [9.17, 15) is 13.2 Å². The van der Waals surface area contributed by atoms with E-state index >= 15 is 0 Å². The molecule has 0 bridgehead atoms. The van der Waals surface area contributed by atoms with Crippen LogP contribution in [-0.2, 0) is 6.18 Å². The van der Waals surface area contributed by atoms with Gasteiger partial charge in [-0.05, 0) is 12.8 Å². The van der Waals surface area contributed by atoms with Crippen molar-refractivity contribution in [1.29, 1.82) is 0 Å². The Labute approximate surface area is 87.3 Å². The molecule has 1 fully saturated rings. The molecular weight excluding hydrogens is 231 g/mol. The predicted molar refractivity (Wildman–Crippen MR) is 47.6 cm³/mol. The summed E-state index contributed by atoms with van der Waals surface area (Å²) in [6, 6.07) is 0.00836. The van der Waals surface area contributed by atoms with Crippen LogP contribution in [0, 0.1) is 0 Å². The fourth-order valence-electron chi connectivity index (χ4n) is 1.28. The zero-order valence-electron chi connectivity index (χ0n) is 7.45. The fraction of sp³-hybridized carbons (Fsp3) is 0.714. The maximum absolute atomic E-state index is 12.1. The molecule has 1 saturated carbocycles. The van der Waals surface area contributed by atoms with Crippen LogP contribution in [0.2, 0.25) is 0 Å². The van der Waals surface area contributed by atoms with Crippen molar-refractivity contribution in [2.24, 2.45) is 0 Å². The van der Waals surface area contributed by atoms with Gasteiger partial charge in [-0.3, -0.25) is 0 Å². The van der Waals surface area contributed by atoms with E-state index in [2.05, 4.69) is 14.7 Å². The number of anilines is 1. The van der Waals surface area contributed by atoms with Crippen LogP contribution in [0.4, 0.5) is 18.3 Å². The number of hydrogen-bond acceptors (Lipinski definition) is 5. The molecule has 1 aromatic heterocycles. The Morgan fingerprint density at radius 1 is 1.40 bits per heavy atom. The maximum atomic E-state index is 12.1. The number of halogens is 3. The van der Waals surface area contributed by atoms with Crippen molar-refractivity contribution in [3.63, 3.8) is 0 Å². The van der Waals surface area contributed by atoms with E-state index in [4.69, 9.17) is 5.11 Å². The largest absolute Gasteiger partial charge is 0.452 e. The number of aliphatic hydroxyl groups is 1. The topological polar surface area (TPSA) is 58.0 Å². The third-order valence-corrected chi connectivity index (χ3v) is 2.77. The highest BCUT2D eigenvalue weighted by Gasteiger charge is 2.36. The summed E-state index contributed by atoms with van der Waals surface area (Å²) >= 11 is 0.681. The molecule has 0 unspecified atom stereocenters. The van der Waals surface area contributed by atoms with Gasteiger partial charge in [0.25, 0.3) is 0 Å². The molecule has 2 N–H and O–H groups in total. The summed E-state index contributed by atoms with van der Waals surface area (Å²) in [5.74, 6) is -1.12. The number of rotatable bonds is 2. The molecule has 1 heterocycles. The molecule has 1 aromatic rings. The highest BCUT2D eigenvalue weighted by Crippen LogP contribution is 2.30. The quantitative estimate of drug-likeness (QED) is 0.821. The number of hydrogen-bond donors (Lipinski definition) is 2. The van der Waals surface area contributed by atoms with E-state index in [1.165, 1.54) is 0 Å². The van der Waals surface area contributed by atoms with Crippen molar-refractivity contribution in [3.8, 4) is 0 Å². The Morgan fingerprint density at radius 2 is 2.07 bits per heavy atom. The Kier molecular flexibility index (Phi) is 2.55. The van der Waals surface area contributed by atoms with E-state index in [1.807, 2.05) is 0 Å². The SMILES string of the molecule is OC1CC(Nc2nc(C(F)(F)F)ns2)C1. The van der Waals surface area contributed by atoms with Gasteiger partial charge in [-0.15, -0.1) is 0 Å². The fourth-order valence-corrected chi connectivity index (χ4v) is 1.94. The van der Waals surface area contributed by atoms with E-state index < -0.39 is 12.0 Å². The summed E-state index contributed by atoms with van der Waals surface area (Å²) < 4.78 is 39.5. The number of nitrogens with zero attached hydrogens (tertiary/aromatic N) is 2. The first kappa shape index (κ1) is 10.6. The second-order valence-electron chi connectivity index (χ2n) is 3.39. The average Bonchev–Trinajstić information content (AvgIpc) is 2.49. The van der Waals surface area contributed by atoms with Gasteiger partial charge in [0, 0.05) is 17.6 Å². The third kappa shape index (κ3) is 2.37. The monoisotopic (exact) mass is 239 g/mol. The molecule has 0 saturated heterocycles. The van der Waals surface area contributed by atoms with Gasteiger partial charge < -0.3 is 10.4 Å². The van der Waals surface area contributed by atoms with Crippen molar-refractivity contribution in [3.05, 3.63) is 5.82 Å². The minimum atomic E-state index is -4.49. The molecule has 0 aromatic carbocycles. The van der Waals surface area contributed by atoms with Gasteiger partial charge in [-0.2, -0.15) is 22.5 Å². The number of aliphatic hydroxyl groups excluding tert-OH is 1.